The molecule has 18 heavy (non-hydrogen) atoms. The van der Waals surface area contributed by atoms with Crippen LogP contribution in [0.1, 0.15) is 16.8 Å². The Morgan fingerprint density at radius 1 is 1.11 bits per heavy atom. The summed E-state index contributed by atoms with van der Waals surface area (Å²) in [6, 6.07) is 6.65. The summed E-state index contributed by atoms with van der Waals surface area (Å²) in [4.78, 5) is 33.5. The zero-order valence-electron chi connectivity index (χ0n) is 9.64. The van der Waals surface area contributed by atoms with Crippen LogP contribution in [0.2, 0.25) is 0 Å². The molecule has 0 unspecified atom stereocenters. The molecule has 0 saturated carbocycles. The molecule has 1 aromatic carbocycles. The van der Waals surface area contributed by atoms with Gasteiger partial charge in [0.2, 0.25) is 0 Å². The summed E-state index contributed by atoms with van der Waals surface area (Å²) < 4.78 is 9.80. The fourth-order valence-corrected chi connectivity index (χ4v) is 1.37. The summed E-state index contributed by atoms with van der Waals surface area (Å²) >= 11 is 3.24. The Kier molecular flexibility index (Phi) is 5.51. The molecule has 0 aliphatic heterocycles. The van der Waals surface area contributed by atoms with Crippen molar-refractivity contribution in [2.75, 3.05) is 13.7 Å². The Morgan fingerprint density at radius 3 is 2.28 bits per heavy atom. The van der Waals surface area contributed by atoms with Crippen molar-refractivity contribution in [1.82, 2.24) is 0 Å². The lowest BCUT2D eigenvalue weighted by Crippen LogP contribution is -2.17. The quantitative estimate of drug-likeness (QED) is 0.470. The van der Waals surface area contributed by atoms with Gasteiger partial charge in [-0.3, -0.25) is 14.4 Å². The second-order valence-corrected chi connectivity index (χ2v) is 4.26. The van der Waals surface area contributed by atoms with E-state index in [-0.39, 0.29) is 5.78 Å². The van der Waals surface area contributed by atoms with Gasteiger partial charge in [0.05, 0.1) is 7.11 Å². The van der Waals surface area contributed by atoms with Gasteiger partial charge in [-0.05, 0) is 12.1 Å². The van der Waals surface area contributed by atoms with Crippen LogP contribution in [-0.2, 0) is 19.1 Å². The zero-order valence-corrected chi connectivity index (χ0v) is 11.2. The van der Waals surface area contributed by atoms with Crippen molar-refractivity contribution in [3.8, 4) is 0 Å². The third-order valence-electron chi connectivity index (χ3n) is 2.05. The van der Waals surface area contributed by atoms with Gasteiger partial charge >= 0.3 is 11.9 Å². The summed E-state index contributed by atoms with van der Waals surface area (Å²) in [6.07, 6.45) is -0.496. The van der Waals surface area contributed by atoms with Gasteiger partial charge in [-0.2, -0.15) is 0 Å². The molecule has 0 atom stereocenters. The van der Waals surface area contributed by atoms with Crippen LogP contribution in [0.3, 0.4) is 0 Å². The Labute approximate surface area is 112 Å². The lowest BCUT2D eigenvalue weighted by molar-refractivity contribution is -0.152. The first-order chi connectivity index (χ1) is 8.52. The maximum atomic E-state index is 11.6. The van der Waals surface area contributed by atoms with Crippen molar-refractivity contribution in [3.05, 3.63) is 34.3 Å². The first-order valence-corrected chi connectivity index (χ1v) is 5.83. The molecule has 0 amide bonds. The highest BCUT2D eigenvalue weighted by molar-refractivity contribution is 9.10. The fourth-order valence-electron chi connectivity index (χ4n) is 1.11. The highest BCUT2D eigenvalue weighted by Gasteiger charge is 2.13. The average Bonchev–Trinajstić information content (AvgIpc) is 2.36. The van der Waals surface area contributed by atoms with E-state index in [4.69, 9.17) is 0 Å². The van der Waals surface area contributed by atoms with Crippen LogP contribution in [-0.4, -0.2) is 31.4 Å². The molecule has 0 aliphatic rings. The molecule has 0 N–H and O–H groups in total. The van der Waals surface area contributed by atoms with E-state index in [9.17, 15) is 14.4 Å². The van der Waals surface area contributed by atoms with E-state index in [1.807, 2.05) is 0 Å². The molecule has 96 valence electrons. The van der Waals surface area contributed by atoms with Gasteiger partial charge < -0.3 is 9.47 Å². The number of carbonyl (C=O) groups excluding carboxylic acids is 3. The molecule has 0 bridgehead atoms. The van der Waals surface area contributed by atoms with Gasteiger partial charge in [0.1, 0.15) is 6.42 Å². The number of esters is 2. The van der Waals surface area contributed by atoms with E-state index in [1.165, 1.54) is 7.11 Å². The van der Waals surface area contributed by atoms with Crippen LogP contribution >= 0.6 is 15.9 Å². The molecule has 0 radical (unpaired) electrons. The molecule has 1 rings (SSSR count). The molecule has 5 nitrogen and oxygen atoms in total. The molecular weight excluding hydrogens is 304 g/mol. The third kappa shape index (κ3) is 4.67. The van der Waals surface area contributed by atoms with Gasteiger partial charge in [0.25, 0.3) is 0 Å². The number of benzene rings is 1. The number of methoxy groups -OCH3 is 1. The molecular formula is C12H11BrO5. The number of hydrogen-bond donors (Lipinski definition) is 0. The van der Waals surface area contributed by atoms with Crippen molar-refractivity contribution in [2.45, 2.75) is 6.42 Å². The largest absolute Gasteiger partial charge is 0.469 e. The Morgan fingerprint density at radius 2 is 1.72 bits per heavy atom. The predicted molar refractivity (Wildman–Crippen MR) is 66.1 cm³/mol. The highest BCUT2D eigenvalue weighted by atomic mass is 79.9. The molecule has 0 aliphatic carbocycles. The molecule has 0 spiro atoms. The molecule has 1 aromatic rings. The summed E-state index contributed by atoms with van der Waals surface area (Å²) in [5.41, 5.74) is 0.434. The second-order valence-electron chi connectivity index (χ2n) is 3.34. The van der Waals surface area contributed by atoms with Gasteiger partial charge in [-0.15, -0.1) is 0 Å². The average molecular weight is 315 g/mol. The lowest BCUT2D eigenvalue weighted by Gasteiger charge is -2.03. The summed E-state index contributed by atoms with van der Waals surface area (Å²) in [6.45, 7) is -0.391. The Balaban J connectivity index is 2.44. The van der Waals surface area contributed by atoms with Gasteiger partial charge in [-0.1, -0.05) is 28.1 Å². The summed E-state index contributed by atoms with van der Waals surface area (Å²) in [5.74, 6) is -1.82. The summed E-state index contributed by atoms with van der Waals surface area (Å²) in [7, 11) is 1.17. The number of halogens is 1. The molecule has 0 saturated heterocycles. The normalized spacial score (nSPS) is 9.67. The molecule has 0 aromatic heterocycles. The third-order valence-corrected chi connectivity index (χ3v) is 2.58. The van der Waals surface area contributed by atoms with E-state index >= 15 is 0 Å². The van der Waals surface area contributed by atoms with Crippen molar-refractivity contribution in [2.24, 2.45) is 0 Å². The van der Waals surface area contributed by atoms with Crippen molar-refractivity contribution in [1.29, 1.82) is 0 Å². The van der Waals surface area contributed by atoms with Gasteiger partial charge in [0.15, 0.2) is 12.4 Å². The van der Waals surface area contributed by atoms with E-state index in [1.54, 1.807) is 24.3 Å². The van der Waals surface area contributed by atoms with Crippen LogP contribution in [0.5, 0.6) is 0 Å². The Hall–Kier alpha value is -1.69. The van der Waals surface area contributed by atoms with Crippen LogP contribution in [0.15, 0.2) is 28.7 Å². The SMILES string of the molecule is COC(=O)CC(=O)OCC(=O)c1ccc(Br)cc1. The highest BCUT2D eigenvalue weighted by Crippen LogP contribution is 2.11. The second kappa shape index (κ2) is 6.90. The smallest absolute Gasteiger partial charge is 0.317 e. The standard InChI is InChI=1S/C12H11BrO5/c1-17-11(15)6-12(16)18-7-10(14)8-2-4-9(13)5-3-8/h2-5H,6-7H2,1H3. The van der Waals surface area contributed by atoms with Crippen LogP contribution in [0.25, 0.3) is 0 Å². The number of Topliss-reactive ketones (excluding diaryl/α,β-unsaturated/α-hetero) is 1. The first-order valence-electron chi connectivity index (χ1n) is 5.04. The summed E-state index contributed by atoms with van der Waals surface area (Å²) in [5, 5.41) is 0. The van der Waals surface area contributed by atoms with Crippen LogP contribution in [0, 0.1) is 0 Å². The lowest BCUT2D eigenvalue weighted by atomic mass is 10.1. The van der Waals surface area contributed by atoms with Gasteiger partial charge in [0, 0.05) is 10.0 Å². The molecule has 0 fully saturated rings. The number of hydrogen-bond acceptors (Lipinski definition) is 5. The van der Waals surface area contributed by atoms with Crippen LogP contribution < -0.4 is 0 Å². The molecule has 0 heterocycles. The van der Waals surface area contributed by atoms with E-state index in [0.717, 1.165) is 4.47 Å². The van der Waals surface area contributed by atoms with E-state index in [2.05, 4.69) is 25.4 Å². The van der Waals surface area contributed by atoms with E-state index in [0.29, 0.717) is 5.56 Å². The monoisotopic (exact) mass is 314 g/mol. The maximum Gasteiger partial charge on any atom is 0.317 e. The molecule has 6 heteroatoms. The minimum Gasteiger partial charge on any atom is -0.469 e. The zero-order chi connectivity index (χ0) is 13.5. The number of carbonyl (C=O) groups is 3. The fraction of sp³-hybridized carbons (Fsp3) is 0.250. The number of ether oxygens (including phenoxy) is 2. The predicted octanol–water partition coefficient (Wildman–Crippen LogP) is 1.74. The minimum absolute atomic E-state index is 0.333. The maximum absolute atomic E-state index is 11.6. The number of rotatable bonds is 5. The topological polar surface area (TPSA) is 69.7 Å². The van der Waals surface area contributed by atoms with E-state index < -0.39 is 25.0 Å². The Bertz CT molecular complexity index is 452. The van der Waals surface area contributed by atoms with Crippen molar-refractivity contribution in [3.63, 3.8) is 0 Å². The van der Waals surface area contributed by atoms with Gasteiger partial charge in [-0.25, -0.2) is 0 Å². The van der Waals surface area contributed by atoms with Crippen molar-refractivity contribution < 1.29 is 23.9 Å². The minimum atomic E-state index is -0.785. The van der Waals surface area contributed by atoms with Crippen LogP contribution in [0.4, 0.5) is 0 Å². The first kappa shape index (κ1) is 14.4. The van der Waals surface area contributed by atoms with Crippen molar-refractivity contribution >= 4 is 33.7 Å². The number of ketones is 1.